The Balaban J connectivity index is 0.000000189. The van der Waals surface area contributed by atoms with Crippen LogP contribution in [0.4, 0.5) is 0 Å². The third kappa shape index (κ3) is 11.9. The molecule has 590 valence electrons. The van der Waals surface area contributed by atoms with Crippen molar-refractivity contribution >= 4 is 11.9 Å². The van der Waals surface area contributed by atoms with E-state index in [4.69, 9.17) is 50.6 Å². The van der Waals surface area contributed by atoms with Gasteiger partial charge < -0.3 is 45.8 Å². The van der Waals surface area contributed by atoms with Gasteiger partial charge in [-0.2, -0.15) is 14.9 Å². The quantitative estimate of drug-likeness (QED) is 0.0461. The highest BCUT2D eigenvalue weighted by molar-refractivity contribution is 5.74. The summed E-state index contributed by atoms with van der Waals surface area (Å²) >= 11 is 0. The molecule has 0 unspecified atom stereocenters. The molecule has 0 radical (unpaired) electrons. The summed E-state index contributed by atoms with van der Waals surface area (Å²) in [5.41, 5.74) is 14.5. The third-order valence-electron chi connectivity index (χ3n) is 34.5. The van der Waals surface area contributed by atoms with Gasteiger partial charge in [-0.3, -0.25) is 14.6 Å². The van der Waals surface area contributed by atoms with Gasteiger partial charge in [0.25, 0.3) is 0 Å². The van der Waals surface area contributed by atoms with E-state index in [-0.39, 0.29) is 102 Å². The maximum Gasteiger partial charge on any atom is 0.307 e. The number of ether oxygens (including phenoxy) is 4. The van der Waals surface area contributed by atoms with Crippen LogP contribution in [0, 0.1) is 129 Å². The standard InChI is InChI=1S/C44H67N5O5.C44H67N5O4/c1-27(2)28(3)39(7)18-19-41(9)30-12-13-33-40(8)23-53-25-44(33,31(30)14-17-42(41,10)34(39)37(50)51)22-32(35(40)54-24-43(11,45)38(4,5)6)49-36(46-26-47-49)29-15-20-48(52)21-16-29;1-27(2)28(3)39(7)18-19-41(9)30-12-13-33-40(8)23-52-25-44(33,31(30)14-17-42(41,10)34(39)37(50)51)22-32(35(40)53-24-43(11,45)38(4,5)6)49-36(47-26-48-49)29-15-20-46-21-16-29/h14-16,20-21,26-28,30,32-35H,12-13,17-19,22-25,45H2,1-11H3,(H,50,51);14-16,20-21,26-28,30,32-35H,12-13,17-19,22-25,45H2,1-11H3,(H,50,51)/t2*28-,30+,32-,33+,34-,35+,39-,40-,41-,42+,43+,44+/m11/s1. The van der Waals surface area contributed by atoms with E-state index < -0.39 is 40.3 Å². The highest BCUT2D eigenvalue weighted by Gasteiger charge is 2.75. The summed E-state index contributed by atoms with van der Waals surface area (Å²) in [6.07, 6.45) is 25.6. The van der Waals surface area contributed by atoms with Gasteiger partial charge in [0.15, 0.2) is 24.0 Å². The van der Waals surface area contributed by atoms with E-state index in [0.29, 0.717) is 75.1 Å². The molecule has 19 nitrogen and oxygen atoms in total. The predicted octanol–water partition coefficient (Wildman–Crippen LogP) is 16.5. The number of carboxylic acid groups (broad SMARTS) is 2. The lowest BCUT2D eigenvalue weighted by Gasteiger charge is -2.71. The molecule has 4 aromatic heterocycles. The fraction of sp³-hybridized carbons (Fsp3) is 0.773. The Kier molecular flexibility index (Phi) is 20.0. The van der Waals surface area contributed by atoms with Crippen LogP contribution in [0.1, 0.15) is 241 Å². The number of hydrogen-bond donors (Lipinski definition) is 4. The minimum atomic E-state index is -0.641. The second-order valence-electron chi connectivity index (χ2n) is 41.8. The minimum Gasteiger partial charge on any atom is -0.619 e. The molecule has 10 aliphatic rings. The van der Waals surface area contributed by atoms with Gasteiger partial charge in [0, 0.05) is 68.4 Å². The molecule has 107 heavy (non-hydrogen) atoms. The number of pyridine rings is 2. The summed E-state index contributed by atoms with van der Waals surface area (Å²) in [6, 6.07) is 7.30. The second-order valence-corrected chi connectivity index (χ2v) is 41.8. The van der Waals surface area contributed by atoms with Crippen LogP contribution in [0.25, 0.3) is 22.8 Å². The Labute approximate surface area is 639 Å². The summed E-state index contributed by atoms with van der Waals surface area (Å²) in [7, 11) is 0. The van der Waals surface area contributed by atoms with E-state index in [0.717, 1.165) is 98.7 Å². The van der Waals surface area contributed by atoms with Gasteiger partial charge in [-0.05, 0) is 194 Å². The number of carboxylic acids is 2. The van der Waals surface area contributed by atoms with Crippen molar-refractivity contribution in [1.82, 2.24) is 34.5 Å². The normalized spacial score (nSPS) is 41.1. The molecular formula is C88H134N10O9. The SMILES string of the molecule is CC(C)[C@@H](C)[C@@]1(C)CC[C@]2(C)[C@H]3CC[C@@H]4[C@@]5(COC[C@@]4(C)[C@@H](OC[C@](C)(N)C(C)(C)C)[C@H](n4ncnc4-c4cc[n+]([O-])cc4)C5)C3=CC[C@@]2(C)[C@@H]1C(=O)O.CC(C)[C@@H](C)[C@@]1(C)CC[C@]2(C)[C@H]3CC[C@@H]4[C@@]5(COC[C@@]4(C)[C@@H](OC[C@](C)(N)C(C)(C)C)[C@H](n4ncnc4-c4ccncc4)C5)C3=CC[C@@]2(C)[C@@H]1C(=O)O. The summed E-state index contributed by atoms with van der Waals surface area (Å²) in [6.45, 7) is 52.9. The Hall–Kier alpha value is -5.44. The number of allylic oxidation sites excluding steroid dienone is 2. The van der Waals surface area contributed by atoms with Gasteiger partial charge in [0.05, 0.1) is 75.8 Å². The largest absolute Gasteiger partial charge is 0.619 e. The molecule has 8 aliphatic carbocycles. The number of aliphatic carboxylic acids is 2. The first-order valence-electron chi connectivity index (χ1n) is 41.0. The van der Waals surface area contributed by atoms with Crippen LogP contribution in [0.3, 0.4) is 0 Å². The van der Waals surface area contributed by atoms with E-state index in [1.54, 1.807) is 24.8 Å². The zero-order valence-electron chi connectivity index (χ0n) is 69.2. The first kappa shape index (κ1) is 79.6. The molecule has 6 heterocycles. The second kappa shape index (κ2) is 26.9. The van der Waals surface area contributed by atoms with Crippen molar-refractivity contribution in [2.75, 3.05) is 39.6 Å². The van der Waals surface area contributed by atoms with Crippen molar-refractivity contribution in [1.29, 1.82) is 0 Å². The molecule has 2 saturated heterocycles. The summed E-state index contributed by atoms with van der Waals surface area (Å²) in [4.78, 5) is 41.0. The van der Waals surface area contributed by atoms with Crippen molar-refractivity contribution in [3.05, 3.63) is 90.2 Å². The molecule has 0 spiro atoms. The molecule has 0 aromatic carbocycles. The van der Waals surface area contributed by atoms with Gasteiger partial charge in [-0.1, -0.05) is 162 Å². The average molecular weight is 1480 g/mol. The van der Waals surface area contributed by atoms with Crippen molar-refractivity contribution in [3.63, 3.8) is 0 Å². The fourth-order valence-corrected chi connectivity index (χ4v) is 25.7. The zero-order valence-corrected chi connectivity index (χ0v) is 69.2. The van der Waals surface area contributed by atoms with Gasteiger partial charge in [0.1, 0.15) is 12.7 Å². The summed E-state index contributed by atoms with van der Waals surface area (Å²) < 4.78 is 33.0. The van der Waals surface area contributed by atoms with E-state index in [9.17, 15) is 25.0 Å². The lowest BCUT2D eigenvalue weighted by Crippen LogP contribution is -2.69. The van der Waals surface area contributed by atoms with Gasteiger partial charge >= 0.3 is 11.9 Å². The van der Waals surface area contributed by atoms with Gasteiger partial charge in [-0.15, -0.1) is 0 Å². The number of carbonyl (C=O) groups is 2. The smallest absolute Gasteiger partial charge is 0.307 e. The summed E-state index contributed by atoms with van der Waals surface area (Å²) in [5.74, 6) is 1.99. The first-order chi connectivity index (χ1) is 49.8. The van der Waals surface area contributed by atoms with Gasteiger partial charge in [-0.25, -0.2) is 19.3 Å². The number of nitrogens with zero attached hydrogens (tertiary/aromatic N) is 8. The topological polar surface area (TPSA) is 265 Å². The fourth-order valence-electron chi connectivity index (χ4n) is 25.7. The molecule has 6 N–H and O–H groups in total. The molecule has 0 amide bonds. The Morgan fingerprint density at radius 1 is 0.570 bits per heavy atom. The van der Waals surface area contributed by atoms with Crippen LogP contribution in [-0.2, 0) is 28.5 Å². The van der Waals surface area contributed by atoms with E-state index in [1.165, 1.54) is 23.5 Å². The molecule has 6 saturated carbocycles. The molecule has 19 heteroatoms. The number of fused-ring (bicyclic) bond motifs is 6. The summed E-state index contributed by atoms with van der Waals surface area (Å²) in [5, 5.41) is 44.2. The van der Waals surface area contributed by atoms with E-state index in [2.05, 4.69) is 179 Å². The van der Waals surface area contributed by atoms with Gasteiger partial charge in [0.2, 0.25) is 0 Å². The van der Waals surface area contributed by atoms with E-state index >= 15 is 0 Å². The molecule has 24 atom stereocenters. The molecule has 2 aliphatic heterocycles. The maximum absolute atomic E-state index is 13.6. The molecule has 4 aromatic rings. The number of aromatic nitrogens is 8. The maximum atomic E-state index is 13.6. The minimum absolute atomic E-state index is 0.115. The third-order valence-corrected chi connectivity index (χ3v) is 34.5. The Bertz CT molecular complexity index is 4020. The molecule has 14 rings (SSSR count). The van der Waals surface area contributed by atoms with Crippen LogP contribution >= 0.6 is 0 Å². The zero-order chi connectivity index (χ0) is 78.0. The predicted molar refractivity (Wildman–Crippen MR) is 416 cm³/mol. The van der Waals surface area contributed by atoms with Crippen LogP contribution in [0.2, 0.25) is 0 Å². The average Bonchev–Trinajstić information content (AvgIpc) is 0.987. The lowest BCUT2D eigenvalue weighted by atomic mass is 9.34. The number of nitrogens with two attached hydrogens (primary N) is 2. The molecule has 8 fully saturated rings. The molecular weight excluding hydrogens is 1340 g/mol. The Morgan fingerprint density at radius 3 is 1.30 bits per heavy atom. The van der Waals surface area contributed by atoms with E-state index in [1.807, 2.05) is 24.5 Å². The Morgan fingerprint density at radius 2 is 0.944 bits per heavy atom. The highest BCUT2D eigenvalue weighted by Crippen LogP contribution is 2.78. The number of rotatable bonds is 16. The monoisotopic (exact) mass is 1480 g/mol. The van der Waals surface area contributed by atoms with Crippen molar-refractivity contribution in [2.24, 2.45) is 136 Å². The van der Waals surface area contributed by atoms with Crippen LogP contribution in [0.15, 0.2) is 85.0 Å². The van der Waals surface area contributed by atoms with Crippen molar-refractivity contribution in [2.45, 2.75) is 265 Å². The number of hydrogen-bond acceptors (Lipinski definition) is 14. The van der Waals surface area contributed by atoms with Crippen molar-refractivity contribution < 1.29 is 43.5 Å². The van der Waals surface area contributed by atoms with Crippen LogP contribution < -0.4 is 16.2 Å². The highest BCUT2D eigenvalue weighted by atomic mass is 16.5. The van der Waals surface area contributed by atoms with Crippen LogP contribution in [-0.4, -0.2) is 120 Å². The van der Waals surface area contributed by atoms with Crippen LogP contribution in [0.5, 0.6) is 0 Å². The lowest BCUT2D eigenvalue weighted by molar-refractivity contribution is -0.605. The first-order valence-corrected chi connectivity index (χ1v) is 41.0. The van der Waals surface area contributed by atoms with Crippen molar-refractivity contribution in [3.8, 4) is 22.8 Å². The molecule has 4 bridgehead atoms.